The van der Waals surface area contributed by atoms with Crippen molar-refractivity contribution in [2.45, 2.75) is 18.9 Å². The highest BCUT2D eigenvalue weighted by Gasteiger charge is 2.16. The summed E-state index contributed by atoms with van der Waals surface area (Å²) >= 11 is 0. The molecule has 3 rings (SSSR count). The van der Waals surface area contributed by atoms with Crippen LogP contribution in [-0.4, -0.2) is 48.0 Å². The molecule has 0 spiro atoms. The molecule has 8 heteroatoms. The summed E-state index contributed by atoms with van der Waals surface area (Å²) in [6.45, 7) is 1.60. The van der Waals surface area contributed by atoms with Crippen molar-refractivity contribution in [2.24, 2.45) is 0 Å². The highest BCUT2D eigenvalue weighted by Crippen LogP contribution is 2.20. The third-order valence-electron chi connectivity index (χ3n) is 4.33. The van der Waals surface area contributed by atoms with Crippen LogP contribution in [0.1, 0.15) is 33.7 Å². The number of hydrogen-bond acceptors (Lipinski definition) is 6. The van der Waals surface area contributed by atoms with E-state index < -0.39 is 5.91 Å². The first kappa shape index (κ1) is 17.8. The number of hydrogen-bond donors (Lipinski definition) is 4. The first-order valence-electron chi connectivity index (χ1n) is 8.55. The maximum Gasteiger partial charge on any atom is 0.273 e. The van der Waals surface area contributed by atoms with Crippen LogP contribution in [0, 0.1) is 0 Å². The molecule has 8 nitrogen and oxygen atoms in total. The topological polar surface area (TPSA) is 122 Å². The van der Waals surface area contributed by atoms with Crippen LogP contribution in [0.4, 0.5) is 5.82 Å². The average molecular weight is 354 g/mol. The molecule has 2 amide bonds. The molecule has 2 aromatic rings. The molecule has 1 saturated heterocycles. The predicted octanol–water partition coefficient (Wildman–Crippen LogP) is 0.567. The van der Waals surface area contributed by atoms with Crippen molar-refractivity contribution >= 4 is 17.6 Å². The number of amides is 2. The fraction of sp³-hybridized carbons (Fsp3) is 0.333. The van der Waals surface area contributed by atoms with Gasteiger partial charge in [0.25, 0.3) is 11.8 Å². The van der Waals surface area contributed by atoms with Crippen molar-refractivity contribution in [3.05, 3.63) is 41.7 Å². The molecule has 0 saturated carbocycles. The van der Waals surface area contributed by atoms with Gasteiger partial charge in [-0.25, -0.2) is 9.97 Å². The Balaban J connectivity index is 1.78. The number of nitrogens with one attached hydrogen (secondary N) is 3. The van der Waals surface area contributed by atoms with E-state index in [9.17, 15) is 9.59 Å². The Bertz CT molecular complexity index is 817. The molecule has 1 aromatic heterocycles. The summed E-state index contributed by atoms with van der Waals surface area (Å²) in [5.74, 6) is -0.489. The Hall–Kier alpha value is -3.00. The Labute approximate surface area is 151 Å². The second kappa shape index (κ2) is 7.92. The Kier molecular flexibility index (Phi) is 5.43. The van der Waals surface area contributed by atoms with Gasteiger partial charge < -0.3 is 21.7 Å². The molecule has 0 bridgehead atoms. The van der Waals surface area contributed by atoms with Gasteiger partial charge in [0.1, 0.15) is 0 Å². The van der Waals surface area contributed by atoms with E-state index in [1.807, 2.05) is 6.07 Å². The summed E-state index contributed by atoms with van der Waals surface area (Å²) in [5.41, 5.74) is 7.47. The van der Waals surface area contributed by atoms with E-state index in [4.69, 9.17) is 5.73 Å². The molecule has 0 radical (unpaired) electrons. The molecule has 1 aromatic carbocycles. The molecule has 5 N–H and O–H groups in total. The summed E-state index contributed by atoms with van der Waals surface area (Å²) < 4.78 is 0. The summed E-state index contributed by atoms with van der Waals surface area (Å²) in [4.78, 5) is 32.6. The van der Waals surface area contributed by atoms with E-state index in [2.05, 4.69) is 25.9 Å². The summed E-state index contributed by atoms with van der Waals surface area (Å²) in [6.07, 6.45) is 3.70. The van der Waals surface area contributed by atoms with Crippen molar-refractivity contribution in [3.8, 4) is 11.3 Å². The fourth-order valence-electron chi connectivity index (χ4n) is 2.89. The number of nitrogen functional groups attached to an aromatic ring is 1. The van der Waals surface area contributed by atoms with Crippen LogP contribution in [0.5, 0.6) is 0 Å². The molecule has 1 atom stereocenters. The highest BCUT2D eigenvalue weighted by molar-refractivity contribution is 5.97. The van der Waals surface area contributed by atoms with Crippen molar-refractivity contribution in [1.29, 1.82) is 0 Å². The number of nitrogens with zero attached hydrogens (tertiary/aromatic N) is 2. The molecular formula is C18H22N6O2. The number of nitrogens with two attached hydrogens (primary N) is 1. The molecule has 0 aliphatic carbocycles. The lowest BCUT2D eigenvalue weighted by Gasteiger charge is -2.12. The number of anilines is 1. The lowest BCUT2D eigenvalue weighted by molar-refractivity contribution is 0.0945. The monoisotopic (exact) mass is 354 g/mol. The van der Waals surface area contributed by atoms with Gasteiger partial charge in [0.15, 0.2) is 11.5 Å². The van der Waals surface area contributed by atoms with E-state index in [-0.39, 0.29) is 17.4 Å². The first-order valence-corrected chi connectivity index (χ1v) is 8.55. The molecule has 136 valence electrons. The van der Waals surface area contributed by atoms with Crippen LogP contribution in [0.3, 0.4) is 0 Å². The van der Waals surface area contributed by atoms with Gasteiger partial charge in [0.2, 0.25) is 0 Å². The third kappa shape index (κ3) is 3.97. The standard InChI is InChI=1S/C18H22N6O2/c1-20-18(26)15-16(19)22-10-14(24-15)11-4-2-5-12(8-11)17(25)23-9-13-6-3-7-21-13/h2,4-5,8,10,13,21H,3,6-7,9H2,1H3,(H2,19,22)(H,20,26)(H,23,25). The van der Waals surface area contributed by atoms with Crippen LogP contribution < -0.4 is 21.7 Å². The maximum atomic E-state index is 12.4. The second-order valence-corrected chi connectivity index (χ2v) is 6.15. The van der Waals surface area contributed by atoms with Crippen LogP contribution in [-0.2, 0) is 0 Å². The van der Waals surface area contributed by atoms with Crippen LogP contribution >= 0.6 is 0 Å². The van der Waals surface area contributed by atoms with E-state index in [1.165, 1.54) is 13.2 Å². The minimum absolute atomic E-state index is 0.0612. The van der Waals surface area contributed by atoms with Gasteiger partial charge in [-0.1, -0.05) is 12.1 Å². The van der Waals surface area contributed by atoms with E-state index >= 15 is 0 Å². The van der Waals surface area contributed by atoms with Gasteiger partial charge >= 0.3 is 0 Å². The summed E-state index contributed by atoms with van der Waals surface area (Å²) in [6, 6.07) is 7.38. The maximum absolute atomic E-state index is 12.4. The minimum atomic E-state index is -0.408. The van der Waals surface area contributed by atoms with E-state index in [0.717, 1.165) is 19.4 Å². The first-order chi connectivity index (χ1) is 12.6. The zero-order valence-electron chi connectivity index (χ0n) is 14.6. The average Bonchev–Trinajstić information content (AvgIpc) is 3.19. The molecule has 1 unspecified atom stereocenters. The van der Waals surface area contributed by atoms with Gasteiger partial charge in [-0.3, -0.25) is 9.59 Å². The second-order valence-electron chi connectivity index (χ2n) is 6.15. The van der Waals surface area contributed by atoms with Crippen molar-refractivity contribution in [1.82, 2.24) is 25.9 Å². The van der Waals surface area contributed by atoms with Crippen molar-refractivity contribution in [2.75, 3.05) is 25.9 Å². The van der Waals surface area contributed by atoms with Gasteiger partial charge in [-0.15, -0.1) is 0 Å². The summed E-state index contributed by atoms with van der Waals surface area (Å²) in [5, 5.41) is 8.77. The number of carbonyl (C=O) groups excluding carboxylic acids is 2. The number of benzene rings is 1. The Morgan fingerprint density at radius 3 is 2.92 bits per heavy atom. The van der Waals surface area contributed by atoms with Crippen LogP contribution in [0.15, 0.2) is 30.5 Å². The van der Waals surface area contributed by atoms with Gasteiger partial charge in [0.05, 0.1) is 11.9 Å². The third-order valence-corrected chi connectivity index (χ3v) is 4.33. The fourth-order valence-corrected chi connectivity index (χ4v) is 2.89. The molecular weight excluding hydrogens is 332 g/mol. The van der Waals surface area contributed by atoms with E-state index in [1.54, 1.807) is 18.2 Å². The predicted molar refractivity (Wildman–Crippen MR) is 98.6 cm³/mol. The van der Waals surface area contributed by atoms with Crippen molar-refractivity contribution in [3.63, 3.8) is 0 Å². The smallest absolute Gasteiger partial charge is 0.273 e. The molecule has 2 heterocycles. The van der Waals surface area contributed by atoms with Crippen molar-refractivity contribution < 1.29 is 9.59 Å². The Morgan fingerprint density at radius 1 is 1.35 bits per heavy atom. The zero-order chi connectivity index (χ0) is 18.5. The largest absolute Gasteiger partial charge is 0.382 e. The lowest BCUT2D eigenvalue weighted by Crippen LogP contribution is -2.37. The molecule has 1 aliphatic heterocycles. The SMILES string of the molecule is CNC(=O)c1nc(-c2cccc(C(=O)NCC3CCCN3)c2)cnc1N. The van der Waals surface area contributed by atoms with Gasteiger partial charge in [0, 0.05) is 30.8 Å². The molecule has 26 heavy (non-hydrogen) atoms. The Morgan fingerprint density at radius 2 is 2.19 bits per heavy atom. The molecule has 1 aliphatic rings. The molecule has 1 fully saturated rings. The van der Waals surface area contributed by atoms with Gasteiger partial charge in [-0.2, -0.15) is 0 Å². The van der Waals surface area contributed by atoms with Crippen LogP contribution in [0.25, 0.3) is 11.3 Å². The van der Waals surface area contributed by atoms with E-state index in [0.29, 0.717) is 29.4 Å². The van der Waals surface area contributed by atoms with Crippen LogP contribution in [0.2, 0.25) is 0 Å². The lowest BCUT2D eigenvalue weighted by atomic mass is 10.1. The highest BCUT2D eigenvalue weighted by atomic mass is 16.2. The number of carbonyl (C=O) groups is 2. The zero-order valence-corrected chi connectivity index (χ0v) is 14.6. The number of aromatic nitrogens is 2. The number of rotatable bonds is 5. The minimum Gasteiger partial charge on any atom is -0.382 e. The normalized spacial score (nSPS) is 16.3. The van der Waals surface area contributed by atoms with Gasteiger partial charge in [-0.05, 0) is 31.5 Å². The summed E-state index contributed by atoms with van der Waals surface area (Å²) in [7, 11) is 1.50. The quantitative estimate of drug-likeness (QED) is 0.623.